The minimum absolute atomic E-state index is 0.301. The molecule has 6 nitrogen and oxygen atoms in total. The Hall–Kier alpha value is -0.210. The molecule has 0 bridgehead atoms. The van der Waals surface area contributed by atoms with Gasteiger partial charge in [-0.3, -0.25) is 0 Å². The summed E-state index contributed by atoms with van der Waals surface area (Å²) in [6, 6.07) is 0. The fraction of sp³-hybridized carbons (Fsp3) is 1.00. The average Bonchev–Trinajstić information content (AvgIpc) is 2.48. The Morgan fingerprint density at radius 2 is 1.95 bits per heavy atom. The van der Waals surface area contributed by atoms with E-state index in [4.69, 9.17) is 10.5 Å². The highest BCUT2D eigenvalue weighted by molar-refractivity contribution is 7.86. The number of nitrogens with zero attached hydrogens (tertiary/aromatic N) is 2. The molecule has 118 valence electrons. The molecule has 2 rings (SSSR count). The van der Waals surface area contributed by atoms with Gasteiger partial charge in [0.1, 0.15) is 0 Å². The number of hydrogen-bond acceptors (Lipinski definition) is 4. The van der Waals surface area contributed by atoms with E-state index in [0.29, 0.717) is 38.0 Å². The van der Waals surface area contributed by atoms with Crippen molar-refractivity contribution in [3.63, 3.8) is 0 Å². The summed E-state index contributed by atoms with van der Waals surface area (Å²) < 4.78 is 33.6. The first-order chi connectivity index (χ1) is 9.54. The van der Waals surface area contributed by atoms with Crippen LogP contribution in [-0.4, -0.2) is 63.5 Å². The van der Waals surface area contributed by atoms with Crippen LogP contribution in [0.2, 0.25) is 0 Å². The van der Waals surface area contributed by atoms with Gasteiger partial charge < -0.3 is 10.5 Å². The maximum atomic E-state index is 12.6. The van der Waals surface area contributed by atoms with Crippen molar-refractivity contribution in [2.75, 3.05) is 46.4 Å². The van der Waals surface area contributed by atoms with Crippen LogP contribution in [0.3, 0.4) is 0 Å². The lowest BCUT2D eigenvalue weighted by atomic mass is 10.0. The molecule has 0 spiro atoms. The third-order valence-corrected chi connectivity index (χ3v) is 6.31. The van der Waals surface area contributed by atoms with Gasteiger partial charge in [-0.1, -0.05) is 0 Å². The molecule has 2 heterocycles. The summed E-state index contributed by atoms with van der Waals surface area (Å²) in [5.74, 6) is 0.716. The molecule has 0 radical (unpaired) electrons. The summed E-state index contributed by atoms with van der Waals surface area (Å²) >= 11 is 0. The van der Waals surface area contributed by atoms with Crippen LogP contribution < -0.4 is 5.73 Å². The lowest BCUT2D eigenvalue weighted by molar-refractivity contribution is 0.0614. The van der Waals surface area contributed by atoms with Gasteiger partial charge in [-0.15, -0.1) is 0 Å². The van der Waals surface area contributed by atoms with E-state index in [1.165, 1.54) is 4.31 Å². The van der Waals surface area contributed by atoms with E-state index in [9.17, 15) is 8.42 Å². The van der Waals surface area contributed by atoms with Gasteiger partial charge >= 0.3 is 0 Å². The number of hydrogen-bond donors (Lipinski definition) is 1. The second-order valence-corrected chi connectivity index (χ2v) is 7.98. The zero-order chi connectivity index (χ0) is 14.6. The molecule has 1 unspecified atom stereocenters. The Labute approximate surface area is 122 Å². The molecule has 0 aliphatic carbocycles. The minimum Gasteiger partial charge on any atom is -0.381 e. The third kappa shape index (κ3) is 3.92. The van der Waals surface area contributed by atoms with Crippen molar-refractivity contribution in [2.45, 2.75) is 25.7 Å². The summed E-state index contributed by atoms with van der Waals surface area (Å²) in [4.78, 5) is 0. The smallest absolute Gasteiger partial charge is 0.281 e. The normalized spacial score (nSPS) is 27.1. The van der Waals surface area contributed by atoms with Gasteiger partial charge in [-0.05, 0) is 44.1 Å². The molecule has 2 fully saturated rings. The fourth-order valence-corrected chi connectivity index (χ4v) is 4.57. The minimum atomic E-state index is -3.33. The Balaban J connectivity index is 1.93. The van der Waals surface area contributed by atoms with E-state index >= 15 is 0 Å². The summed E-state index contributed by atoms with van der Waals surface area (Å²) in [6.45, 7) is 3.84. The van der Waals surface area contributed by atoms with Crippen LogP contribution in [-0.2, 0) is 14.9 Å². The van der Waals surface area contributed by atoms with Gasteiger partial charge in [-0.2, -0.15) is 17.0 Å². The number of rotatable bonds is 5. The molecule has 0 aromatic heterocycles. The number of nitrogens with two attached hydrogens (primary N) is 1. The highest BCUT2D eigenvalue weighted by atomic mass is 32.2. The summed E-state index contributed by atoms with van der Waals surface area (Å²) in [5.41, 5.74) is 5.69. The predicted octanol–water partition coefficient (Wildman–Crippen LogP) is 0.260. The van der Waals surface area contributed by atoms with Crippen molar-refractivity contribution in [2.24, 2.45) is 17.6 Å². The second-order valence-electron chi connectivity index (χ2n) is 5.95. The Morgan fingerprint density at radius 3 is 2.60 bits per heavy atom. The number of piperidine rings is 1. The van der Waals surface area contributed by atoms with Gasteiger partial charge in [0.2, 0.25) is 0 Å². The van der Waals surface area contributed by atoms with Crippen LogP contribution in [0.15, 0.2) is 0 Å². The highest BCUT2D eigenvalue weighted by Gasteiger charge is 2.32. The molecular weight excluding hydrogens is 278 g/mol. The Bertz CT molecular complexity index is 396. The van der Waals surface area contributed by atoms with Crippen molar-refractivity contribution < 1.29 is 13.2 Å². The molecule has 0 amide bonds. The third-order valence-electron chi connectivity index (χ3n) is 4.39. The summed E-state index contributed by atoms with van der Waals surface area (Å²) in [5, 5.41) is 0. The molecule has 0 aromatic rings. The quantitative estimate of drug-likeness (QED) is 0.790. The van der Waals surface area contributed by atoms with Crippen molar-refractivity contribution in [3.8, 4) is 0 Å². The monoisotopic (exact) mass is 305 g/mol. The maximum Gasteiger partial charge on any atom is 0.281 e. The van der Waals surface area contributed by atoms with Crippen molar-refractivity contribution in [1.82, 2.24) is 8.61 Å². The summed E-state index contributed by atoms with van der Waals surface area (Å²) in [7, 11) is -1.64. The Kier molecular flexibility index (Phi) is 5.80. The lowest BCUT2D eigenvalue weighted by Crippen LogP contribution is -2.49. The zero-order valence-electron chi connectivity index (χ0n) is 12.3. The Morgan fingerprint density at radius 1 is 1.25 bits per heavy atom. The lowest BCUT2D eigenvalue weighted by Gasteiger charge is -2.35. The molecule has 2 aliphatic rings. The molecule has 2 saturated heterocycles. The molecule has 1 atom stereocenters. The average molecular weight is 305 g/mol. The number of ether oxygens (including phenoxy) is 1. The van der Waals surface area contributed by atoms with E-state index in [1.54, 1.807) is 11.4 Å². The van der Waals surface area contributed by atoms with E-state index in [-0.39, 0.29) is 0 Å². The van der Waals surface area contributed by atoms with Crippen LogP contribution in [0.5, 0.6) is 0 Å². The van der Waals surface area contributed by atoms with Crippen LogP contribution in [0, 0.1) is 11.8 Å². The first kappa shape index (κ1) is 16.2. The first-order valence-corrected chi connectivity index (χ1v) is 8.93. The molecule has 2 N–H and O–H groups in total. The summed E-state index contributed by atoms with van der Waals surface area (Å²) in [6.07, 6.45) is 3.84. The zero-order valence-corrected chi connectivity index (χ0v) is 13.1. The second kappa shape index (κ2) is 7.17. The van der Waals surface area contributed by atoms with Gasteiger partial charge in [0.05, 0.1) is 0 Å². The predicted molar refractivity (Wildman–Crippen MR) is 78.4 cm³/mol. The van der Waals surface area contributed by atoms with E-state index in [0.717, 1.165) is 38.9 Å². The largest absolute Gasteiger partial charge is 0.381 e. The molecule has 2 aliphatic heterocycles. The van der Waals surface area contributed by atoms with E-state index in [1.807, 2.05) is 0 Å². The van der Waals surface area contributed by atoms with Crippen LogP contribution in [0.4, 0.5) is 0 Å². The van der Waals surface area contributed by atoms with Crippen molar-refractivity contribution >= 4 is 10.2 Å². The van der Waals surface area contributed by atoms with Gasteiger partial charge in [0.15, 0.2) is 0 Å². The van der Waals surface area contributed by atoms with Gasteiger partial charge in [0, 0.05) is 39.9 Å². The van der Waals surface area contributed by atoms with E-state index < -0.39 is 10.2 Å². The topological polar surface area (TPSA) is 75.9 Å². The van der Waals surface area contributed by atoms with Crippen molar-refractivity contribution in [3.05, 3.63) is 0 Å². The van der Waals surface area contributed by atoms with Crippen LogP contribution >= 0.6 is 0 Å². The molecule has 0 aromatic carbocycles. The fourth-order valence-electron chi connectivity index (χ4n) is 3.01. The standard InChI is InChI=1S/C13H27N3O3S/c1-15(10-12-4-7-19-8-5-12)20(17,18)16-6-2-3-13(9-14)11-16/h12-13H,2-11,14H2,1H3. The molecular formula is C13H27N3O3S. The first-order valence-electron chi connectivity index (χ1n) is 7.53. The van der Waals surface area contributed by atoms with Gasteiger partial charge in [0.25, 0.3) is 10.2 Å². The van der Waals surface area contributed by atoms with Crippen LogP contribution in [0.25, 0.3) is 0 Å². The molecule has 20 heavy (non-hydrogen) atoms. The molecule has 0 saturated carbocycles. The van der Waals surface area contributed by atoms with Crippen LogP contribution in [0.1, 0.15) is 25.7 Å². The van der Waals surface area contributed by atoms with E-state index in [2.05, 4.69) is 0 Å². The van der Waals surface area contributed by atoms with Gasteiger partial charge in [-0.25, -0.2) is 0 Å². The highest BCUT2D eigenvalue weighted by Crippen LogP contribution is 2.22. The SMILES string of the molecule is CN(CC1CCOCC1)S(=O)(=O)N1CCCC(CN)C1. The maximum absolute atomic E-state index is 12.6. The molecule has 7 heteroatoms. The van der Waals surface area contributed by atoms with Crippen molar-refractivity contribution in [1.29, 1.82) is 0 Å².